The van der Waals surface area contributed by atoms with Gasteiger partial charge in [-0.1, -0.05) is 6.42 Å². The van der Waals surface area contributed by atoms with E-state index in [2.05, 4.69) is 0 Å². The lowest BCUT2D eigenvalue weighted by atomic mass is 9.75. The highest BCUT2D eigenvalue weighted by Crippen LogP contribution is 2.36. The maximum atomic E-state index is 12.3. The van der Waals surface area contributed by atoms with Gasteiger partial charge in [-0.25, -0.2) is 0 Å². The Kier molecular flexibility index (Phi) is 5.62. The monoisotopic (exact) mass is 297 g/mol. The van der Waals surface area contributed by atoms with Crippen molar-refractivity contribution in [1.82, 2.24) is 4.90 Å². The number of aliphatic carboxylic acids is 1. The second-order valence-electron chi connectivity index (χ2n) is 6.60. The zero-order valence-electron chi connectivity index (χ0n) is 13.0. The molecule has 21 heavy (non-hydrogen) atoms. The molecule has 1 N–H and O–H groups in total. The first-order valence-corrected chi connectivity index (χ1v) is 8.07. The van der Waals surface area contributed by atoms with Crippen LogP contribution in [0.1, 0.15) is 51.4 Å². The van der Waals surface area contributed by atoms with Crippen molar-refractivity contribution in [2.75, 3.05) is 26.8 Å². The number of amides is 1. The van der Waals surface area contributed by atoms with Crippen LogP contribution in [0.4, 0.5) is 0 Å². The molecular weight excluding hydrogens is 270 g/mol. The highest BCUT2D eigenvalue weighted by Gasteiger charge is 2.43. The number of ether oxygens (including phenoxy) is 1. The Morgan fingerprint density at radius 1 is 1.33 bits per heavy atom. The summed E-state index contributed by atoms with van der Waals surface area (Å²) in [7, 11) is 1.63. The Labute approximate surface area is 126 Å². The van der Waals surface area contributed by atoms with Crippen molar-refractivity contribution in [3.63, 3.8) is 0 Å². The van der Waals surface area contributed by atoms with Crippen LogP contribution in [0, 0.1) is 11.3 Å². The van der Waals surface area contributed by atoms with Crippen LogP contribution in [-0.4, -0.2) is 48.7 Å². The zero-order chi connectivity index (χ0) is 15.3. The van der Waals surface area contributed by atoms with Crippen LogP contribution < -0.4 is 0 Å². The average molecular weight is 297 g/mol. The molecule has 0 bridgehead atoms. The maximum absolute atomic E-state index is 12.3. The Balaban J connectivity index is 1.94. The molecule has 0 radical (unpaired) electrons. The standard InChI is InChI=1S/C16H27NO4/c1-21-10-4-8-16(15(19)20)7-3-9-17(12-16)14(18)11-13-5-2-6-13/h13H,2-12H2,1H3,(H,19,20)/t16-/m1/s1. The van der Waals surface area contributed by atoms with Gasteiger partial charge in [-0.15, -0.1) is 0 Å². The number of carbonyl (C=O) groups is 2. The van der Waals surface area contributed by atoms with Gasteiger partial charge in [-0.2, -0.15) is 0 Å². The van der Waals surface area contributed by atoms with Crippen LogP contribution in [0.15, 0.2) is 0 Å². The van der Waals surface area contributed by atoms with E-state index in [1.54, 1.807) is 12.0 Å². The molecule has 0 spiro atoms. The molecular formula is C16H27NO4. The van der Waals surface area contributed by atoms with Crippen molar-refractivity contribution in [3.05, 3.63) is 0 Å². The summed E-state index contributed by atoms with van der Waals surface area (Å²) in [5.41, 5.74) is -0.772. The lowest BCUT2D eigenvalue weighted by Gasteiger charge is -2.41. The van der Waals surface area contributed by atoms with E-state index in [4.69, 9.17) is 4.74 Å². The van der Waals surface area contributed by atoms with Gasteiger partial charge in [0, 0.05) is 33.2 Å². The number of hydrogen-bond donors (Lipinski definition) is 1. The molecule has 2 rings (SSSR count). The van der Waals surface area contributed by atoms with Gasteiger partial charge in [0.15, 0.2) is 0 Å². The summed E-state index contributed by atoms with van der Waals surface area (Å²) >= 11 is 0. The molecule has 1 amide bonds. The molecule has 1 saturated carbocycles. The summed E-state index contributed by atoms with van der Waals surface area (Å²) in [5, 5.41) is 9.65. The van der Waals surface area contributed by atoms with Crippen LogP contribution >= 0.6 is 0 Å². The lowest BCUT2D eigenvalue weighted by Crippen LogP contribution is -2.50. The molecule has 0 aromatic carbocycles. The Hall–Kier alpha value is -1.10. The first kappa shape index (κ1) is 16.3. The Morgan fingerprint density at radius 3 is 2.67 bits per heavy atom. The summed E-state index contributed by atoms with van der Waals surface area (Å²) in [6.07, 6.45) is 6.91. The van der Waals surface area contributed by atoms with Crippen molar-refractivity contribution in [2.24, 2.45) is 11.3 Å². The number of carboxylic acids is 1. The maximum Gasteiger partial charge on any atom is 0.311 e. The molecule has 1 saturated heterocycles. The van der Waals surface area contributed by atoms with Gasteiger partial charge in [0.1, 0.15) is 0 Å². The van der Waals surface area contributed by atoms with Gasteiger partial charge in [-0.05, 0) is 44.4 Å². The molecule has 1 atom stereocenters. The smallest absolute Gasteiger partial charge is 0.311 e. The normalized spacial score (nSPS) is 26.4. The minimum absolute atomic E-state index is 0.150. The largest absolute Gasteiger partial charge is 0.481 e. The molecule has 5 nitrogen and oxygen atoms in total. The van der Waals surface area contributed by atoms with E-state index < -0.39 is 11.4 Å². The first-order chi connectivity index (χ1) is 10.1. The van der Waals surface area contributed by atoms with Crippen molar-refractivity contribution in [1.29, 1.82) is 0 Å². The second kappa shape index (κ2) is 7.25. The second-order valence-corrected chi connectivity index (χ2v) is 6.60. The molecule has 0 aromatic heterocycles. The van der Waals surface area contributed by atoms with E-state index in [0.29, 0.717) is 44.9 Å². The highest BCUT2D eigenvalue weighted by molar-refractivity contribution is 5.80. The fraction of sp³-hybridized carbons (Fsp3) is 0.875. The fourth-order valence-electron chi connectivity index (χ4n) is 3.46. The highest BCUT2D eigenvalue weighted by atomic mass is 16.5. The lowest BCUT2D eigenvalue weighted by molar-refractivity contribution is -0.156. The third kappa shape index (κ3) is 3.96. The van der Waals surface area contributed by atoms with E-state index in [9.17, 15) is 14.7 Å². The third-order valence-electron chi connectivity index (χ3n) is 5.08. The van der Waals surface area contributed by atoms with E-state index in [-0.39, 0.29) is 5.91 Å². The van der Waals surface area contributed by atoms with Gasteiger partial charge in [0.2, 0.25) is 5.91 Å². The summed E-state index contributed by atoms with van der Waals surface area (Å²) < 4.78 is 5.03. The molecule has 0 aromatic rings. The van der Waals surface area contributed by atoms with Crippen LogP contribution in [0.3, 0.4) is 0 Å². The summed E-state index contributed by atoms with van der Waals surface area (Å²) in [5.74, 6) is -0.0799. The predicted octanol–water partition coefficient (Wildman–Crippen LogP) is 2.30. The summed E-state index contributed by atoms with van der Waals surface area (Å²) in [6, 6.07) is 0. The van der Waals surface area contributed by atoms with E-state index in [1.807, 2.05) is 0 Å². The number of piperidine rings is 1. The molecule has 120 valence electrons. The molecule has 0 unspecified atom stereocenters. The van der Waals surface area contributed by atoms with Crippen molar-refractivity contribution in [3.8, 4) is 0 Å². The molecule has 1 aliphatic carbocycles. The number of rotatable bonds is 7. The Morgan fingerprint density at radius 2 is 2.10 bits per heavy atom. The Bertz CT molecular complexity index is 380. The van der Waals surface area contributed by atoms with Gasteiger partial charge in [-0.3, -0.25) is 9.59 Å². The van der Waals surface area contributed by atoms with E-state index in [1.165, 1.54) is 6.42 Å². The summed E-state index contributed by atoms with van der Waals surface area (Å²) in [6.45, 7) is 1.66. The molecule has 1 aliphatic heterocycles. The van der Waals surface area contributed by atoms with Gasteiger partial charge in [0.05, 0.1) is 5.41 Å². The fourth-order valence-corrected chi connectivity index (χ4v) is 3.46. The minimum Gasteiger partial charge on any atom is -0.481 e. The van der Waals surface area contributed by atoms with E-state index in [0.717, 1.165) is 25.7 Å². The molecule has 5 heteroatoms. The first-order valence-electron chi connectivity index (χ1n) is 8.07. The average Bonchev–Trinajstić information content (AvgIpc) is 2.43. The molecule has 2 fully saturated rings. The molecule has 2 aliphatic rings. The number of methoxy groups -OCH3 is 1. The van der Waals surface area contributed by atoms with Crippen molar-refractivity contribution in [2.45, 2.75) is 51.4 Å². The SMILES string of the molecule is COCCC[C@]1(C(=O)O)CCCN(C(=O)CC2CCC2)C1. The van der Waals surface area contributed by atoms with Gasteiger partial charge in [0.25, 0.3) is 0 Å². The summed E-state index contributed by atoms with van der Waals surface area (Å²) in [4.78, 5) is 25.9. The third-order valence-corrected chi connectivity index (χ3v) is 5.08. The number of hydrogen-bond acceptors (Lipinski definition) is 3. The topological polar surface area (TPSA) is 66.8 Å². The van der Waals surface area contributed by atoms with Gasteiger partial charge >= 0.3 is 5.97 Å². The zero-order valence-corrected chi connectivity index (χ0v) is 13.0. The van der Waals surface area contributed by atoms with Crippen LogP contribution in [0.25, 0.3) is 0 Å². The number of carbonyl (C=O) groups excluding carboxylic acids is 1. The van der Waals surface area contributed by atoms with Gasteiger partial charge < -0.3 is 14.7 Å². The van der Waals surface area contributed by atoms with E-state index >= 15 is 0 Å². The predicted molar refractivity (Wildman–Crippen MR) is 79.0 cm³/mol. The van der Waals surface area contributed by atoms with Crippen LogP contribution in [0.2, 0.25) is 0 Å². The quantitative estimate of drug-likeness (QED) is 0.732. The van der Waals surface area contributed by atoms with Crippen molar-refractivity contribution >= 4 is 11.9 Å². The van der Waals surface area contributed by atoms with Crippen molar-refractivity contribution < 1.29 is 19.4 Å². The number of nitrogens with zero attached hydrogens (tertiary/aromatic N) is 1. The number of likely N-dealkylation sites (tertiary alicyclic amines) is 1. The molecule has 1 heterocycles. The van der Waals surface area contributed by atoms with Crippen LogP contribution in [-0.2, 0) is 14.3 Å². The van der Waals surface area contributed by atoms with Crippen LogP contribution in [0.5, 0.6) is 0 Å². The minimum atomic E-state index is -0.772. The number of carboxylic acid groups (broad SMARTS) is 1.